The summed E-state index contributed by atoms with van der Waals surface area (Å²) in [5, 5.41) is 10.5. The molecule has 0 radical (unpaired) electrons. The van der Waals surface area contributed by atoms with E-state index in [2.05, 4.69) is 85.6 Å². The molecule has 0 aliphatic rings. The van der Waals surface area contributed by atoms with Gasteiger partial charge in [-0.25, -0.2) is 9.13 Å². The zero-order valence-electron chi connectivity index (χ0n) is 23.2. The van der Waals surface area contributed by atoms with E-state index in [1.54, 1.807) is 0 Å². The second-order valence-corrected chi connectivity index (χ2v) is 10.5. The standard InChI is InChI=1S/C32H41N2O4/c1-24(2)28-10-9-11-29(25(3)4)32(28)38-31(37)13-6-8-19-34-22-16-27(17-23-34)26-14-20-33(21-15-26)18-7-5-12-30(35)36/h9-11,14-17,20-25H,5-8,12-13,18-19H2,1-4H3/q+1. The first kappa shape index (κ1) is 29.0. The molecule has 0 saturated heterocycles. The molecular weight excluding hydrogens is 476 g/mol. The molecule has 6 heteroatoms. The number of nitrogens with zero attached hydrogens (tertiary/aromatic N) is 2. The van der Waals surface area contributed by atoms with Gasteiger partial charge in [0.15, 0.2) is 24.8 Å². The van der Waals surface area contributed by atoms with Gasteiger partial charge in [0, 0.05) is 49.5 Å². The van der Waals surface area contributed by atoms with Gasteiger partial charge >= 0.3 is 5.97 Å². The van der Waals surface area contributed by atoms with Crippen molar-refractivity contribution in [3.63, 3.8) is 0 Å². The maximum absolute atomic E-state index is 12.6. The number of carbonyl (C=O) groups excluding carboxylic acids is 2. The smallest absolute Gasteiger partial charge is 0.311 e. The lowest BCUT2D eigenvalue weighted by atomic mass is 9.94. The predicted octanol–water partition coefficient (Wildman–Crippen LogP) is 4.87. The van der Waals surface area contributed by atoms with Gasteiger partial charge in [-0.2, -0.15) is 0 Å². The largest absolute Gasteiger partial charge is 0.550 e. The molecular formula is C32H41N2O4+. The quantitative estimate of drug-likeness (QED) is 0.132. The molecule has 0 aliphatic carbocycles. The van der Waals surface area contributed by atoms with Crippen molar-refractivity contribution in [1.82, 2.24) is 0 Å². The molecule has 0 bridgehead atoms. The Morgan fingerprint density at radius 1 is 0.711 bits per heavy atom. The van der Waals surface area contributed by atoms with Crippen molar-refractivity contribution >= 4 is 11.9 Å². The van der Waals surface area contributed by atoms with Crippen molar-refractivity contribution in [2.75, 3.05) is 0 Å². The summed E-state index contributed by atoms with van der Waals surface area (Å²) < 4.78 is 10.1. The average Bonchev–Trinajstić information content (AvgIpc) is 2.89. The second kappa shape index (κ2) is 14.4. The number of aliphatic carboxylic acids is 1. The molecule has 0 N–H and O–H groups in total. The van der Waals surface area contributed by atoms with Crippen LogP contribution < -0.4 is 19.0 Å². The van der Waals surface area contributed by atoms with Crippen LogP contribution in [0.3, 0.4) is 0 Å². The molecule has 0 saturated carbocycles. The summed E-state index contributed by atoms with van der Waals surface area (Å²) in [7, 11) is 0. The van der Waals surface area contributed by atoms with Crippen LogP contribution in [0.2, 0.25) is 0 Å². The highest BCUT2D eigenvalue weighted by molar-refractivity contribution is 5.73. The minimum absolute atomic E-state index is 0.110. The Balaban J connectivity index is 1.45. The Kier molecular flexibility index (Phi) is 11.0. The highest BCUT2D eigenvalue weighted by atomic mass is 16.5. The summed E-state index contributed by atoms with van der Waals surface area (Å²) in [5.41, 5.74) is 4.44. The van der Waals surface area contributed by atoms with Crippen molar-refractivity contribution < 1.29 is 28.6 Å². The molecule has 38 heavy (non-hydrogen) atoms. The number of para-hydroxylation sites is 1. The number of unbranched alkanes of at least 4 members (excludes halogenated alkanes) is 2. The maximum Gasteiger partial charge on any atom is 0.311 e. The van der Waals surface area contributed by atoms with Crippen LogP contribution in [-0.4, -0.2) is 11.9 Å². The SMILES string of the molecule is CC(C)c1cccc(C(C)C)c1OC(=O)CCCC[n+]1ccc(-c2cc[n+](CCCCC(=O)[O-])cc2)cc1. The second-order valence-electron chi connectivity index (χ2n) is 10.5. The molecule has 202 valence electrons. The van der Waals surface area contributed by atoms with Gasteiger partial charge in [0.2, 0.25) is 0 Å². The number of benzene rings is 1. The molecule has 3 aromatic rings. The predicted molar refractivity (Wildman–Crippen MR) is 145 cm³/mol. The average molecular weight is 518 g/mol. The number of carbonyl (C=O) groups is 2. The zero-order valence-corrected chi connectivity index (χ0v) is 23.2. The molecule has 0 aliphatic heterocycles. The van der Waals surface area contributed by atoms with E-state index in [0.29, 0.717) is 24.7 Å². The lowest BCUT2D eigenvalue weighted by Crippen LogP contribution is -2.33. The molecule has 3 rings (SSSR count). The summed E-state index contributed by atoms with van der Waals surface area (Å²) in [6.45, 7) is 10.1. The summed E-state index contributed by atoms with van der Waals surface area (Å²) in [6, 6.07) is 14.5. The van der Waals surface area contributed by atoms with E-state index in [4.69, 9.17) is 4.74 Å². The van der Waals surface area contributed by atoms with Crippen LogP contribution in [-0.2, 0) is 22.7 Å². The van der Waals surface area contributed by atoms with Gasteiger partial charge in [-0.05, 0) is 53.4 Å². The van der Waals surface area contributed by atoms with Gasteiger partial charge in [-0.15, -0.1) is 0 Å². The molecule has 0 amide bonds. The van der Waals surface area contributed by atoms with Crippen LogP contribution in [0.4, 0.5) is 0 Å². The minimum Gasteiger partial charge on any atom is -0.550 e. The first-order valence-electron chi connectivity index (χ1n) is 13.8. The first-order chi connectivity index (χ1) is 18.2. The van der Waals surface area contributed by atoms with Gasteiger partial charge < -0.3 is 14.6 Å². The van der Waals surface area contributed by atoms with Crippen LogP contribution in [0, 0.1) is 0 Å². The Bertz CT molecular complexity index is 1160. The molecule has 2 aromatic heterocycles. The van der Waals surface area contributed by atoms with Gasteiger partial charge in [-0.1, -0.05) is 45.9 Å². The molecule has 0 unspecified atom stereocenters. The minimum atomic E-state index is -0.988. The maximum atomic E-state index is 12.6. The monoisotopic (exact) mass is 517 g/mol. The van der Waals surface area contributed by atoms with Crippen molar-refractivity contribution in [1.29, 1.82) is 0 Å². The van der Waals surface area contributed by atoms with Gasteiger partial charge in [-0.3, -0.25) is 4.79 Å². The number of carboxylic acid groups (broad SMARTS) is 1. The number of hydrogen-bond donors (Lipinski definition) is 0. The van der Waals surface area contributed by atoms with Crippen molar-refractivity contribution in [2.24, 2.45) is 0 Å². The Labute approximate surface area is 226 Å². The third-order valence-corrected chi connectivity index (χ3v) is 6.75. The van der Waals surface area contributed by atoms with Crippen LogP contribution in [0.1, 0.15) is 89.2 Å². The Morgan fingerprint density at radius 2 is 1.16 bits per heavy atom. The van der Waals surface area contributed by atoms with Crippen LogP contribution in [0.5, 0.6) is 5.75 Å². The number of aromatic nitrogens is 2. The molecule has 1 aromatic carbocycles. The fourth-order valence-corrected chi connectivity index (χ4v) is 4.49. The van der Waals surface area contributed by atoms with Gasteiger partial charge in [0.25, 0.3) is 0 Å². The van der Waals surface area contributed by atoms with Gasteiger partial charge in [0.1, 0.15) is 18.8 Å². The highest BCUT2D eigenvalue weighted by Gasteiger charge is 2.18. The highest BCUT2D eigenvalue weighted by Crippen LogP contribution is 2.34. The van der Waals surface area contributed by atoms with E-state index in [1.807, 2.05) is 18.5 Å². The Morgan fingerprint density at radius 3 is 1.58 bits per heavy atom. The number of aryl methyl sites for hydroxylation is 2. The van der Waals surface area contributed by atoms with E-state index in [-0.39, 0.29) is 12.4 Å². The fourth-order valence-electron chi connectivity index (χ4n) is 4.49. The van der Waals surface area contributed by atoms with E-state index in [0.717, 1.165) is 60.4 Å². The number of carboxylic acids is 1. The fraction of sp³-hybridized carbons (Fsp3) is 0.438. The first-order valence-corrected chi connectivity index (χ1v) is 13.8. The van der Waals surface area contributed by atoms with Gasteiger partial charge in [0.05, 0.1) is 0 Å². The Hall–Kier alpha value is -3.54. The van der Waals surface area contributed by atoms with Crippen LogP contribution >= 0.6 is 0 Å². The zero-order chi connectivity index (χ0) is 27.5. The number of pyridine rings is 2. The molecule has 0 fully saturated rings. The lowest BCUT2D eigenvalue weighted by molar-refractivity contribution is -0.697. The summed E-state index contributed by atoms with van der Waals surface area (Å²) >= 11 is 0. The van der Waals surface area contributed by atoms with Crippen molar-refractivity contribution in [3.05, 3.63) is 78.4 Å². The number of ether oxygens (including phenoxy) is 1. The van der Waals surface area contributed by atoms with Crippen molar-refractivity contribution in [2.45, 2.75) is 91.1 Å². The summed E-state index contributed by atoms with van der Waals surface area (Å²) in [5.74, 6) is 0.176. The molecule has 6 nitrogen and oxygen atoms in total. The number of hydrogen-bond acceptors (Lipinski definition) is 4. The third-order valence-electron chi connectivity index (χ3n) is 6.75. The topological polar surface area (TPSA) is 74.2 Å². The van der Waals surface area contributed by atoms with Crippen molar-refractivity contribution in [3.8, 4) is 16.9 Å². The van der Waals surface area contributed by atoms with E-state index < -0.39 is 5.97 Å². The normalized spacial score (nSPS) is 11.2. The van der Waals surface area contributed by atoms with E-state index >= 15 is 0 Å². The third kappa shape index (κ3) is 8.79. The lowest BCUT2D eigenvalue weighted by Gasteiger charge is -2.18. The van der Waals surface area contributed by atoms with E-state index in [1.165, 1.54) is 0 Å². The van der Waals surface area contributed by atoms with Crippen LogP contribution in [0.15, 0.2) is 67.3 Å². The summed E-state index contributed by atoms with van der Waals surface area (Å²) in [4.78, 5) is 23.2. The molecule has 2 heterocycles. The number of rotatable bonds is 14. The molecule has 0 atom stereocenters. The molecule has 0 spiro atoms. The number of esters is 1. The summed E-state index contributed by atoms with van der Waals surface area (Å²) in [6.07, 6.45) is 11.8. The van der Waals surface area contributed by atoms with E-state index in [9.17, 15) is 14.7 Å². The van der Waals surface area contributed by atoms with Crippen LogP contribution in [0.25, 0.3) is 11.1 Å².